The molecule has 2 nitrogen and oxygen atoms in total. The van der Waals surface area contributed by atoms with Crippen molar-refractivity contribution in [3.05, 3.63) is 0 Å². The number of hydrogen-bond acceptors (Lipinski definition) is 2. The summed E-state index contributed by atoms with van der Waals surface area (Å²) in [5.41, 5.74) is 0.0599. The minimum absolute atomic E-state index is 0.0599. The summed E-state index contributed by atoms with van der Waals surface area (Å²) in [5.74, 6) is 1.15. The number of hydrogen-bond donors (Lipinski definition) is 0. The van der Waals surface area contributed by atoms with Crippen LogP contribution in [0.1, 0.15) is 51.4 Å². The number of ether oxygens (including phenoxy) is 1. The Morgan fingerprint density at radius 1 is 1.21 bits per heavy atom. The van der Waals surface area contributed by atoms with Crippen molar-refractivity contribution in [2.24, 2.45) is 5.92 Å². The first kappa shape index (κ1) is 10.2. The highest BCUT2D eigenvalue weighted by Crippen LogP contribution is 2.43. The lowest BCUT2D eigenvalue weighted by molar-refractivity contribution is -0.132. The van der Waals surface area contributed by atoms with Gasteiger partial charge in [-0.15, -0.1) is 0 Å². The fourth-order valence-corrected chi connectivity index (χ4v) is 3.18. The van der Waals surface area contributed by atoms with E-state index in [1.807, 2.05) is 7.11 Å². The molecule has 0 atom stereocenters. The van der Waals surface area contributed by atoms with Crippen LogP contribution < -0.4 is 0 Å². The summed E-state index contributed by atoms with van der Waals surface area (Å²) >= 11 is 0. The molecule has 0 N–H and O–H groups in total. The molecule has 80 valence electrons. The predicted octanol–water partition coefficient (Wildman–Crippen LogP) is 2.70. The first-order valence-electron chi connectivity index (χ1n) is 5.84. The van der Waals surface area contributed by atoms with Crippen LogP contribution in [0.5, 0.6) is 0 Å². The zero-order valence-corrected chi connectivity index (χ0v) is 9.05. The van der Waals surface area contributed by atoms with Crippen LogP contribution in [0.25, 0.3) is 0 Å². The van der Waals surface area contributed by atoms with E-state index >= 15 is 0 Å². The van der Waals surface area contributed by atoms with Crippen molar-refractivity contribution in [2.75, 3.05) is 7.11 Å². The third-order valence-corrected chi connectivity index (χ3v) is 4.16. The van der Waals surface area contributed by atoms with Crippen LogP contribution in [0.2, 0.25) is 0 Å². The van der Waals surface area contributed by atoms with Crippen molar-refractivity contribution >= 4 is 5.78 Å². The normalized spacial score (nSPS) is 28.2. The lowest BCUT2D eigenvalue weighted by atomic mass is 9.74. The third-order valence-electron chi connectivity index (χ3n) is 4.16. The number of ketones is 1. The van der Waals surface area contributed by atoms with E-state index in [2.05, 4.69) is 0 Å². The minimum Gasteiger partial charge on any atom is -0.378 e. The van der Waals surface area contributed by atoms with Gasteiger partial charge in [-0.25, -0.2) is 0 Å². The van der Waals surface area contributed by atoms with E-state index in [1.54, 1.807) is 0 Å². The fraction of sp³-hybridized carbons (Fsp3) is 0.917. The lowest BCUT2D eigenvalue weighted by Gasteiger charge is -2.40. The van der Waals surface area contributed by atoms with Gasteiger partial charge in [0.1, 0.15) is 5.78 Å². The number of carbonyl (C=O) groups is 1. The zero-order valence-electron chi connectivity index (χ0n) is 9.05. The Morgan fingerprint density at radius 3 is 2.29 bits per heavy atom. The molecule has 0 aromatic rings. The molecule has 2 rings (SSSR count). The second kappa shape index (κ2) is 4.01. The van der Waals surface area contributed by atoms with Gasteiger partial charge in [-0.05, 0) is 31.6 Å². The molecule has 2 aliphatic rings. The monoisotopic (exact) mass is 196 g/mol. The van der Waals surface area contributed by atoms with Crippen molar-refractivity contribution in [3.63, 3.8) is 0 Å². The van der Waals surface area contributed by atoms with Crippen LogP contribution in [0.3, 0.4) is 0 Å². The van der Waals surface area contributed by atoms with E-state index in [4.69, 9.17) is 4.74 Å². The van der Waals surface area contributed by atoms with Gasteiger partial charge in [-0.2, -0.15) is 0 Å². The van der Waals surface area contributed by atoms with Crippen LogP contribution >= 0.6 is 0 Å². The highest BCUT2D eigenvalue weighted by atomic mass is 16.5. The van der Waals surface area contributed by atoms with Crippen molar-refractivity contribution in [2.45, 2.75) is 57.0 Å². The molecule has 2 aliphatic carbocycles. The van der Waals surface area contributed by atoms with Gasteiger partial charge in [0.25, 0.3) is 0 Å². The van der Waals surface area contributed by atoms with Gasteiger partial charge in [-0.1, -0.05) is 12.8 Å². The molecule has 0 aromatic heterocycles. The molecule has 0 aliphatic heterocycles. The van der Waals surface area contributed by atoms with E-state index in [0.29, 0.717) is 5.78 Å². The molecular formula is C12H20O2. The van der Waals surface area contributed by atoms with Crippen molar-refractivity contribution < 1.29 is 9.53 Å². The highest BCUT2D eigenvalue weighted by molar-refractivity contribution is 5.79. The summed E-state index contributed by atoms with van der Waals surface area (Å²) in [4.78, 5) is 11.2. The first-order valence-corrected chi connectivity index (χ1v) is 5.84. The predicted molar refractivity (Wildman–Crippen MR) is 55.2 cm³/mol. The van der Waals surface area contributed by atoms with E-state index < -0.39 is 0 Å². The molecule has 0 aromatic carbocycles. The van der Waals surface area contributed by atoms with Gasteiger partial charge in [0.15, 0.2) is 0 Å². The van der Waals surface area contributed by atoms with Gasteiger partial charge in [0, 0.05) is 20.0 Å². The Balaban J connectivity index is 2.05. The maximum absolute atomic E-state index is 11.2. The fourth-order valence-electron chi connectivity index (χ4n) is 3.18. The molecule has 0 saturated heterocycles. The van der Waals surface area contributed by atoms with Gasteiger partial charge >= 0.3 is 0 Å². The van der Waals surface area contributed by atoms with Crippen LogP contribution in [0, 0.1) is 5.92 Å². The Bertz CT molecular complexity index is 206. The highest BCUT2D eigenvalue weighted by Gasteiger charge is 2.42. The third kappa shape index (κ3) is 1.72. The molecule has 2 saturated carbocycles. The summed E-state index contributed by atoms with van der Waals surface area (Å²) < 4.78 is 5.76. The van der Waals surface area contributed by atoms with Crippen LogP contribution in [0.15, 0.2) is 0 Å². The average Bonchev–Trinajstić information content (AvgIpc) is 2.73. The summed E-state index contributed by atoms with van der Waals surface area (Å²) in [6, 6.07) is 0. The summed E-state index contributed by atoms with van der Waals surface area (Å²) in [7, 11) is 1.83. The van der Waals surface area contributed by atoms with Gasteiger partial charge in [-0.3, -0.25) is 4.79 Å². The standard InChI is InChI=1S/C12H20O2/c1-14-12(10-4-2-3-5-10)8-6-11(13)7-9-12/h10H,2-9H2,1H3. The maximum Gasteiger partial charge on any atom is 0.133 e. The molecule has 0 unspecified atom stereocenters. The van der Waals surface area contributed by atoms with E-state index in [-0.39, 0.29) is 5.60 Å². The largest absolute Gasteiger partial charge is 0.378 e. The lowest BCUT2D eigenvalue weighted by Crippen LogP contribution is -2.42. The van der Waals surface area contributed by atoms with Crippen LogP contribution in [0.4, 0.5) is 0 Å². The smallest absolute Gasteiger partial charge is 0.133 e. The van der Waals surface area contributed by atoms with Crippen molar-refractivity contribution in [1.29, 1.82) is 0 Å². The number of rotatable bonds is 2. The Kier molecular flexibility index (Phi) is 2.91. The molecule has 0 radical (unpaired) electrons. The molecule has 0 spiro atoms. The Labute approximate surface area is 86.0 Å². The second-order valence-electron chi connectivity index (χ2n) is 4.79. The topological polar surface area (TPSA) is 26.3 Å². The number of carbonyl (C=O) groups excluding carboxylic acids is 1. The molecule has 14 heavy (non-hydrogen) atoms. The number of Topliss-reactive ketones (excluding diaryl/α,β-unsaturated/α-hetero) is 1. The summed E-state index contributed by atoms with van der Waals surface area (Å²) in [6.07, 6.45) is 8.73. The maximum atomic E-state index is 11.2. The van der Waals surface area contributed by atoms with Gasteiger partial charge in [0.2, 0.25) is 0 Å². The molecule has 0 bridgehead atoms. The van der Waals surface area contributed by atoms with Crippen molar-refractivity contribution in [1.82, 2.24) is 0 Å². The summed E-state index contributed by atoms with van der Waals surface area (Å²) in [5, 5.41) is 0. The quantitative estimate of drug-likeness (QED) is 0.678. The Morgan fingerprint density at radius 2 is 1.79 bits per heavy atom. The number of methoxy groups -OCH3 is 1. The second-order valence-corrected chi connectivity index (χ2v) is 4.79. The first-order chi connectivity index (χ1) is 6.77. The Hall–Kier alpha value is -0.370. The van der Waals surface area contributed by atoms with Crippen molar-refractivity contribution in [3.8, 4) is 0 Å². The summed E-state index contributed by atoms with van der Waals surface area (Å²) in [6.45, 7) is 0. The molecule has 2 heteroatoms. The SMILES string of the molecule is COC1(C2CCCC2)CCC(=O)CC1. The van der Waals surface area contributed by atoms with Crippen LogP contribution in [-0.4, -0.2) is 18.5 Å². The molecular weight excluding hydrogens is 176 g/mol. The average molecular weight is 196 g/mol. The van der Waals surface area contributed by atoms with E-state index in [9.17, 15) is 4.79 Å². The van der Waals surface area contributed by atoms with Gasteiger partial charge in [0.05, 0.1) is 5.60 Å². The molecule has 0 amide bonds. The molecule has 2 fully saturated rings. The van der Waals surface area contributed by atoms with Gasteiger partial charge < -0.3 is 4.74 Å². The van der Waals surface area contributed by atoms with E-state index in [1.165, 1.54) is 25.7 Å². The molecule has 0 heterocycles. The minimum atomic E-state index is 0.0599. The van der Waals surface area contributed by atoms with Crippen LogP contribution in [-0.2, 0) is 9.53 Å². The van der Waals surface area contributed by atoms with E-state index in [0.717, 1.165) is 31.6 Å². The zero-order chi connectivity index (χ0) is 10.0.